The van der Waals surface area contributed by atoms with Crippen LogP contribution in [0.15, 0.2) is 30.6 Å². The van der Waals surface area contributed by atoms with Crippen LogP contribution in [0.2, 0.25) is 0 Å². The summed E-state index contributed by atoms with van der Waals surface area (Å²) in [5.41, 5.74) is 1.62. The van der Waals surface area contributed by atoms with Crippen molar-refractivity contribution in [1.82, 2.24) is 19.4 Å². The van der Waals surface area contributed by atoms with Crippen LogP contribution in [0.5, 0.6) is 11.8 Å². The van der Waals surface area contributed by atoms with Crippen molar-refractivity contribution in [3.05, 3.63) is 42.0 Å². The van der Waals surface area contributed by atoms with E-state index in [4.69, 9.17) is 19.2 Å². The monoisotopic (exact) mass is 449 g/mol. The zero-order valence-corrected chi connectivity index (χ0v) is 19.0. The first-order valence-electron chi connectivity index (χ1n) is 11.5. The smallest absolute Gasteiger partial charge is 0.274 e. The third-order valence-electron chi connectivity index (χ3n) is 6.44. The number of rotatable bonds is 7. The van der Waals surface area contributed by atoms with Crippen molar-refractivity contribution in [3.63, 3.8) is 0 Å². The Bertz CT molecular complexity index is 1240. The van der Waals surface area contributed by atoms with Gasteiger partial charge in [0.05, 0.1) is 24.0 Å². The largest absolute Gasteiger partial charge is 0.474 e. The maximum Gasteiger partial charge on any atom is 0.274 e. The molecule has 3 aromatic heterocycles. The molecule has 0 atom stereocenters. The topological polar surface area (TPSA) is 99.9 Å². The van der Waals surface area contributed by atoms with Gasteiger partial charge in [0, 0.05) is 23.9 Å². The fourth-order valence-corrected chi connectivity index (χ4v) is 4.86. The fourth-order valence-electron chi connectivity index (χ4n) is 4.86. The lowest BCUT2D eigenvalue weighted by Crippen LogP contribution is -2.45. The van der Waals surface area contributed by atoms with Crippen LogP contribution in [-0.2, 0) is 10.2 Å². The van der Waals surface area contributed by atoms with Crippen LogP contribution >= 0.6 is 0 Å². The molecule has 2 saturated heterocycles. The predicted octanol–water partition coefficient (Wildman–Crippen LogP) is 3.53. The average molecular weight is 450 g/mol. The Labute approximate surface area is 191 Å². The molecule has 2 aliphatic carbocycles. The Morgan fingerprint density at radius 1 is 1.21 bits per heavy atom. The van der Waals surface area contributed by atoms with Crippen molar-refractivity contribution < 1.29 is 19.0 Å². The fraction of sp³-hybridized carbons (Fsp3) is 0.500. The first-order chi connectivity index (χ1) is 15.8. The summed E-state index contributed by atoms with van der Waals surface area (Å²) < 4.78 is 19.4. The van der Waals surface area contributed by atoms with Gasteiger partial charge in [0.2, 0.25) is 17.5 Å². The highest BCUT2D eigenvalue weighted by atomic mass is 16.5. The molecule has 33 heavy (non-hydrogen) atoms. The second kappa shape index (κ2) is 7.15. The minimum Gasteiger partial charge on any atom is -0.474 e. The Balaban J connectivity index is 1.30. The molecule has 0 unspecified atom stereocenters. The number of carbonyl (C=O) groups excluding carboxylic acids is 1. The molecule has 2 bridgehead atoms. The Kier molecular flexibility index (Phi) is 4.42. The minimum atomic E-state index is -0.358. The second-order valence-corrected chi connectivity index (χ2v) is 9.96. The number of imidazole rings is 1. The van der Waals surface area contributed by atoms with E-state index < -0.39 is 0 Å². The Morgan fingerprint density at radius 3 is 2.73 bits per heavy atom. The lowest BCUT2D eigenvalue weighted by Gasteiger charge is -2.41. The number of carbonyl (C=O) groups is 1. The number of hydrogen-bond acceptors (Lipinski definition) is 7. The second-order valence-electron chi connectivity index (χ2n) is 9.96. The molecular formula is C24H27N5O4. The summed E-state index contributed by atoms with van der Waals surface area (Å²) >= 11 is 0. The molecule has 3 aromatic rings. The van der Waals surface area contributed by atoms with Crippen LogP contribution in [0, 0.1) is 0 Å². The van der Waals surface area contributed by atoms with E-state index in [0.29, 0.717) is 29.8 Å². The molecule has 2 saturated carbocycles. The van der Waals surface area contributed by atoms with Crippen molar-refractivity contribution in [2.24, 2.45) is 0 Å². The number of amides is 1. The number of nitrogens with zero attached hydrogens (tertiary/aromatic N) is 4. The van der Waals surface area contributed by atoms with E-state index in [0.717, 1.165) is 31.4 Å². The van der Waals surface area contributed by atoms with Gasteiger partial charge in [-0.2, -0.15) is 4.98 Å². The number of fused-ring (bicyclic) bond motifs is 2. The highest BCUT2D eigenvalue weighted by Gasteiger charge is 2.61. The zero-order valence-electron chi connectivity index (χ0n) is 19.0. The van der Waals surface area contributed by atoms with Crippen molar-refractivity contribution >= 4 is 17.4 Å². The normalized spacial score (nSPS) is 25.8. The number of anilines is 1. The molecule has 7 rings (SSSR count). The van der Waals surface area contributed by atoms with Gasteiger partial charge in [-0.15, -0.1) is 0 Å². The maximum absolute atomic E-state index is 13.0. The standard InChI is InChI=1S/C24H27N5O4/c1-14(2)32-21-17(26-20(30)16-5-4-6-19(25-16)33-15-7-8-15)9-29-10-18(27-22(29)28-21)24-11-23(3,12-24)31-13-24/h4-6,9-10,14-15H,7-8,11-13H2,1-3H3,(H,26,30). The van der Waals surface area contributed by atoms with Crippen LogP contribution in [0.1, 0.15) is 62.6 Å². The summed E-state index contributed by atoms with van der Waals surface area (Å²) in [6.07, 6.45) is 7.85. The lowest BCUT2D eigenvalue weighted by atomic mass is 9.62. The van der Waals surface area contributed by atoms with Crippen LogP contribution in [0.25, 0.3) is 5.78 Å². The molecule has 0 aromatic carbocycles. The van der Waals surface area contributed by atoms with Crippen molar-refractivity contribution in [2.45, 2.75) is 69.7 Å². The molecule has 4 aliphatic rings. The number of ether oxygens (including phenoxy) is 3. The minimum absolute atomic E-state index is 0.0287. The van der Waals surface area contributed by atoms with Gasteiger partial charge in [0.1, 0.15) is 17.5 Å². The highest BCUT2D eigenvalue weighted by Crippen LogP contribution is 2.58. The quantitative estimate of drug-likeness (QED) is 0.589. The molecule has 4 fully saturated rings. The van der Waals surface area contributed by atoms with E-state index in [1.165, 1.54) is 0 Å². The summed E-state index contributed by atoms with van der Waals surface area (Å²) in [7, 11) is 0. The number of hydrogen-bond donors (Lipinski definition) is 1. The van der Waals surface area contributed by atoms with Gasteiger partial charge in [-0.1, -0.05) is 6.07 Å². The van der Waals surface area contributed by atoms with Gasteiger partial charge in [0.25, 0.3) is 5.91 Å². The van der Waals surface area contributed by atoms with E-state index in [-0.39, 0.29) is 34.8 Å². The first kappa shape index (κ1) is 20.4. The summed E-state index contributed by atoms with van der Waals surface area (Å²) in [6, 6.07) is 5.19. The third kappa shape index (κ3) is 3.70. The van der Waals surface area contributed by atoms with E-state index in [1.807, 2.05) is 24.4 Å². The molecule has 1 amide bonds. The van der Waals surface area contributed by atoms with E-state index in [1.54, 1.807) is 24.4 Å². The number of pyridine rings is 1. The van der Waals surface area contributed by atoms with Crippen LogP contribution in [0.3, 0.4) is 0 Å². The molecule has 2 aliphatic heterocycles. The average Bonchev–Trinajstić information content (AvgIpc) is 3.21. The summed E-state index contributed by atoms with van der Waals surface area (Å²) in [6.45, 7) is 6.65. The van der Waals surface area contributed by atoms with Crippen molar-refractivity contribution in [1.29, 1.82) is 0 Å². The SMILES string of the molecule is CC(C)Oc1nc2nc(C34COC(C)(C3)C4)cn2cc1NC(=O)c1cccc(OC2CC2)n1. The molecule has 1 N–H and O–H groups in total. The summed E-state index contributed by atoms with van der Waals surface area (Å²) in [4.78, 5) is 26.7. The molecule has 9 nitrogen and oxygen atoms in total. The Hall–Kier alpha value is -3.20. The zero-order chi connectivity index (χ0) is 22.8. The van der Waals surface area contributed by atoms with Gasteiger partial charge in [-0.3, -0.25) is 9.20 Å². The number of nitrogens with one attached hydrogen (secondary N) is 1. The van der Waals surface area contributed by atoms with Crippen LogP contribution in [0.4, 0.5) is 5.69 Å². The van der Waals surface area contributed by atoms with E-state index in [9.17, 15) is 4.79 Å². The molecular weight excluding hydrogens is 422 g/mol. The van der Waals surface area contributed by atoms with Gasteiger partial charge in [-0.05, 0) is 52.5 Å². The Morgan fingerprint density at radius 2 is 2.03 bits per heavy atom. The third-order valence-corrected chi connectivity index (χ3v) is 6.44. The van der Waals surface area contributed by atoms with Gasteiger partial charge >= 0.3 is 0 Å². The van der Waals surface area contributed by atoms with Crippen LogP contribution < -0.4 is 14.8 Å². The molecule has 0 radical (unpaired) electrons. The lowest BCUT2D eigenvalue weighted by molar-refractivity contribution is 0.0154. The van der Waals surface area contributed by atoms with Crippen LogP contribution in [-0.4, -0.2) is 49.7 Å². The van der Waals surface area contributed by atoms with Gasteiger partial charge < -0.3 is 19.5 Å². The van der Waals surface area contributed by atoms with E-state index in [2.05, 4.69) is 22.2 Å². The van der Waals surface area contributed by atoms with Crippen molar-refractivity contribution in [3.8, 4) is 11.8 Å². The summed E-state index contributed by atoms with van der Waals surface area (Å²) in [5.74, 6) is 0.963. The molecule has 172 valence electrons. The molecule has 9 heteroatoms. The van der Waals surface area contributed by atoms with Gasteiger partial charge in [0.15, 0.2) is 0 Å². The highest BCUT2D eigenvalue weighted by molar-refractivity contribution is 6.03. The molecule has 0 spiro atoms. The van der Waals surface area contributed by atoms with Crippen molar-refractivity contribution in [2.75, 3.05) is 11.9 Å². The number of aromatic nitrogens is 4. The first-order valence-corrected chi connectivity index (χ1v) is 11.5. The summed E-state index contributed by atoms with van der Waals surface area (Å²) in [5, 5.41) is 2.91. The van der Waals surface area contributed by atoms with Gasteiger partial charge in [-0.25, -0.2) is 9.97 Å². The maximum atomic E-state index is 13.0. The molecule has 5 heterocycles. The predicted molar refractivity (Wildman–Crippen MR) is 120 cm³/mol. The van der Waals surface area contributed by atoms with E-state index >= 15 is 0 Å².